The lowest BCUT2D eigenvalue weighted by molar-refractivity contribution is -0.481. The van der Waals surface area contributed by atoms with Gasteiger partial charge in [0.05, 0.1) is 22.9 Å². The molecule has 0 saturated heterocycles. The van der Waals surface area contributed by atoms with Crippen molar-refractivity contribution in [1.29, 1.82) is 0 Å². The molecule has 6 aromatic rings. The van der Waals surface area contributed by atoms with Gasteiger partial charge in [-0.3, -0.25) is 0 Å². The SMILES string of the molecule is c1ccc2c(c1)c(Oc1cc3cccc[n+]3c3ccccc13)cc1cccc[n+]12. The number of fused-ring (bicyclic) bond motifs is 6. The summed E-state index contributed by atoms with van der Waals surface area (Å²) < 4.78 is 11.0. The molecule has 6 rings (SSSR count). The fourth-order valence-electron chi connectivity index (χ4n) is 4.08. The van der Waals surface area contributed by atoms with Crippen molar-refractivity contribution in [3.05, 3.63) is 109 Å². The summed E-state index contributed by atoms with van der Waals surface area (Å²) >= 11 is 0. The molecule has 0 fully saturated rings. The third-order valence-electron chi connectivity index (χ3n) is 5.42. The number of hydrogen-bond donors (Lipinski definition) is 0. The maximum absolute atomic E-state index is 6.59. The van der Waals surface area contributed by atoms with E-state index in [0.29, 0.717) is 0 Å². The number of para-hydroxylation sites is 2. The summed E-state index contributed by atoms with van der Waals surface area (Å²) in [6.07, 6.45) is 4.17. The Bertz CT molecular complexity index is 1420. The Morgan fingerprint density at radius 2 is 0.931 bits per heavy atom. The van der Waals surface area contributed by atoms with Crippen LogP contribution in [0.3, 0.4) is 0 Å². The van der Waals surface area contributed by atoms with E-state index in [1.165, 1.54) is 0 Å². The van der Waals surface area contributed by atoms with Gasteiger partial charge in [0.15, 0.2) is 12.4 Å². The van der Waals surface area contributed by atoms with Gasteiger partial charge in [-0.15, -0.1) is 0 Å². The highest BCUT2D eigenvalue weighted by atomic mass is 16.5. The molecule has 0 unspecified atom stereocenters. The second-order valence-electron chi connectivity index (χ2n) is 7.14. The minimum absolute atomic E-state index is 0.859. The molecular formula is C26H18N2O+2. The van der Waals surface area contributed by atoms with E-state index >= 15 is 0 Å². The average Bonchev–Trinajstić information content (AvgIpc) is 2.79. The van der Waals surface area contributed by atoms with Crippen molar-refractivity contribution in [1.82, 2.24) is 0 Å². The van der Waals surface area contributed by atoms with Gasteiger partial charge in [-0.25, -0.2) is 0 Å². The molecule has 3 heteroatoms. The molecule has 0 aliphatic carbocycles. The van der Waals surface area contributed by atoms with Gasteiger partial charge in [0, 0.05) is 36.4 Å². The number of rotatable bonds is 2. The van der Waals surface area contributed by atoms with Crippen LogP contribution in [-0.4, -0.2) is 0 Å². The van der Waals surface area contributed by atoms with Crippen LogP contribution >= 0.6 is 0 Å². The molecule has 0 amide bonds. The predicted molar refractivity (Wildman–Crippen MR) is 114 cm³/mol. The number of nitrogens with zero attached hydrogens (tertiary/aromatic N) is 2. The molecule has 3 nitrogen and oxygen atoms in total. The Labute approximate surface area is 167 Å². The number of benzene rings is 2. The highest BCUT2D eigenvalue weighted by Gasteiger charge is 2.18. The number of aromatic nitrogens is 2. The van der Waals surface area contributed by atoms with E-state index in [1.54, 1.807) is 0 Å². The maximum atomic E-state index is 6.59. The summed E-state index contributed by atoms with van der Waals surface area (Å²) in [5, 5.41) is 2.17. The van der Waals surface area contributed by atoms with Crippen LogP contribution in [0, 0.1) is 0 Å². The molecule has 0 spiro atoms. The van der Waals surface area contributed by atoms with E-state index in [-0.39, 0.29) is 0 Å². The Hall–Kier alpha value is -3.98. The van der Waals surface area contributed by atoms with Gasteiger partial charge < -0.3 is 4.74 Å². The zero-order chi connectivity index (χ0) is 19.2. The molecule has 0 bridgehead atoms. The molecule has 4 heterocycles. The molecule has 0 saturated carbocycles. The topological polar surface area (TPSA) is 17.4 Å². The van der Waals surface area contributed by atoms with E-state index in [1.807, 2.05) is 12.1 Å². The van der Waals surface area contributed by atoms with Crippen LogP contribution in [0.5, 0.6) is 11.5 Å². The number of pyridine rings is 4. The highest BCUT2D eigenvalue weighted by molar-refractivity contribution is 5.88. The van der Waals surface area contributed by atoms with Crippen molar-refractivity contribution in [3.63, 3.8) is 0 Å². The first-order valence-corrected chi connectivity index (χ1v) is 9.71. The second-order valence-corrected chi connectivity index (χ2v) is 7.14. The van der Waals surface area contributed by atoms with Crippen LogP contribution in [-0.2, 0) is 0 Å². The van der Waals surface area contributed by atoms with Crippen LogP contribution in [0.1, 0.15) is 0 Å². The third kappa shape index (κ3) is 2.52. The monoisotopic (exact) mass is 374 g/mol. The fraction of sp³-hybridized carbons (Fsp3) is 0. The Balaban J connectivity index is 1.64. The normalized spacial score (nSPS) is 11.4. The zero-order valence-electron chi connectivity index (χ0n) is 15.7. The lowest BCUT2D eigenvalue weighted by Gasteiger charge is -2.10. The molecule has 29 heavy (non-hydrogen) atoms. The molecule has 4 aromatic heterocycles. The fourth-order valence-corrected chi connectivity index (χ4v) is 4.08. The molecule has 0 atom stereocenters. The van der Waals surface area contributed by atoms with Crippen molar-refractivity contribution in [2.75, 3.05) is 0 Å². The van der Waals surface area contributed by atoms with E-state index in [4.69, 9.17) is 4.74 Å². The van der Waals surface area contributed by atoms with Crippen molar-refractivity contribution in [2.45, 2.75) is 0 Å². The van der Waals surface area contributed by atoms with Crippen molar-refractivity contribution >= 4 is 32.8 Å². The number of hydrogen-bond acceptors (Lipinski definition) is 1. The predicted octanol–water partition coefficient (Wildman–Crippen LogP) is 5.26. The zero-order valence-corrected chi connectivity index (χ0v) is 15.7. The number of ether oxygens (including phenoxy) is 1. The van der Waals surface area contributed by atoms with Crippen molar-refractivity contribution in [2.24, 2.45) is 0 Å². The van der Waals surface area contributed by atoms with Gasteiger partial charge in [0.2, 0.25) is 22.1 Å². The molecule has 2 aromatic carbocycles. The van der Waals surface area contributed by atoms with Crippen LogP contribution in [0.25, 0.3) is 32.8 Å². The van der Waals surface area contributed by atoms with Gasteiger partial charge >= 0.3 is 0 Å². The Morgan fingerprint density at radius 1 is 0.483 bits per heavy atom. The summed E-state index contributed by atoms with van der Waals surface area (Å²) in [6, 6.07) is 33.4. The summed E-state index contributed by atoms with van der Waals surface area (Å²) in [7, 11) is 0. The Morgan fingerprint density at radius 3 is 1.45 bits per heavy atom. The molecule has 0 aliphatic heterocycles. The van der Waals surface area contributed by atoms with E-state index < -0.39 is 0 Å². The van der Waals surface area contributed by atoms with Crippen LogP contribution in [0.4, 0.5) is 0 Å². The van der Waals surface area contributed by atoms with Crippen molar-refractivity contribution < 1.29 is 13.5 Å². The standard InChI is InChI=1S/C26H18N2O/c1-3-13-23-21(11-1)25(17-19-9-5-7-15-27(19)23)29-26-18-20-10-6-8-16-28(20)24-14-4-2-12-22(24)26/h1-18H/q+2. The van der Waals surface area contributed by atoms with Gasteiger partial charge in [0.1, 0.15) is 11.5 Å². The minimum Gasteiger partial charge on any atom is -0.455 e. The summed E-state index contributed by atoms with van der Waals surface area (Å²) in [6.45, 7) is 0. The highest BCUT2D eigenvalue weighted by Crippen LogP contribution is 2.33. The van der Waals surface area contributed by atoms with Gasteiger partial charge in [-0.1, -0.05) is 24.3 Å². The minimum atomic E-state index is 0.859. The van der Waals surface area contributed by atoms with Crippen LogP contribution in [0.15, 0.2) is 109 Å². The van der Waals surface area contributed by atoms with Gasteiger partial charge in [0.25, 0.3) is 0 Å². The quantitative estimate of drug-likeness (QED) is 0.298. The second kappa shape index (κ2) is 6.28. The van der Waals surface area contributed by atoms with Crippen LogP contribution < -0.4 is 13.5 Å². The Kier molecular flexibility index (Phi) is 3.47. The molecular weight excluding hydrogens is 356 g/mol. The van der Waals surface area contributed by atoms with Gasteiger partial charge in [-0.05, 0) is 24.3 Å². The smallest absolute Gasteiger partial charge is 0.222 e. The average molecular weight is 374 g/mol. The first-order valence-electron chi connectivity index (χ1n) is 9.71. The van der Waals surface area contributed by atoms with Gasteiger partial charge in [-0.2, -0.15) is 8.80 Å². The van der Waals surface area contributed by atoms with E-state index in [0.717, 1.165) is 44.3 Å². The molecule has 136 valence electrons. The summed E-state index contributed by atoms with van der Waals surface area (Å²) in [5.41, 5.74) is 4.45. The lowest BCUT2D eigenvalue weighted by atomic mass is 10.1. The van der Waals surface area contributed by atoms with E-state index in [9.17, 15) is 0 Å². The first-order chi connectivity index (χ1) is 14.4. The maximum Gasteiger partial charge on any atom is 0.222 e. The van der Waals surface area contributed by atoms with E-state index in [2.05, 4.69) is 106 Å². The molecule has 0 aliphatic rings. The van der Waals surface area contributed by atoms with Crippen molar-refractivity contribution in [3.8, 4) is 11.5 Å². The lowest BCUT2D eigenvalue weighted by Crippen LogP contribution is -2.22. The molecule has 0 N–H and O–H groups in total. The molecule has 0 radical (unpaired) electrons. The summed E-state index contributed by atoms with van der Waals surface area (Å²) in [5.74, 6) is 1.72. The van der Waals surface area contributed by atoms with Crippen LogP contribution in [0.2, 0.25) is 0 Å². The summed E-state index contributed by atoms with van der Waals surface area (Å²) in [4.78, 5) is 0. The third-order valence-corrected chi connectivity index (χ3v) is 5.42. The largest absolute Gasteiger partial charge is 0.455 e. The first kappa shape index (κ1) is 16.0.